The summed E-state index contributed by atoms with van der Waals surface area (Å²) in [5, 5.41) is 47.6. The second-order valence-electron chi connectivity index (χ2n) is 10.8. The molecule has 5 aromatic carbocycles. The van der Waals surface area contributed by atoms with Crippen LogP contribution in [0.1, 0.15) is 39.5 Å². The van der Waals surface area contributed by atoms with Crippen LogP contribution in [0.4, 0.5) is 0 Å². The van der Waals surface area contributed by atoms with Crippen molar-refractivity contribution in [2.75, 3.05) is 0 Å². The van der Waals surface area contributed by atoms with Crippen LogP contribution in [0.2, 0.25) is 0 Å². The first kappa shape index (κ1) is 24.3. The van der Waals surface area contributed by atoms with E-state index in [0.29, 0.717) is 77.7 Å². The minimum atomic E-state index is -0.338. The van der Waals surface area contributed by atoms with Gasteiger partial charge >= 0.3 is 0 Å². The van der Waals surface area contributed by atoms with Gasteiger partial charge in [0.2, 0.25) is 11.8 Å². The lowest BCUT2D eigenvalue weighted by molar-refractivity contribution is 0.409. The fourth-order valence-electron chi connectivity index (χ4n) is 6.64. The number of aromatic nitrogens is 2. The molecule has 0 aliphatic rings. The van der Waals surface area contributed by atoms with Gasteiger partial charge in [-0.15, -0.1) is 0 Å². The van der Waals surface area contributed by atoms with Crippen LogP contribution < -0.4 is 21.8 Å². The highest BCUT2D eigenvalue weighted by Gasteiger charge is 2.25. The molecule has 0 aliphatic carbocycles. The lowest BCUT2D eigenvalue weighted by Crippen LogP contribution is -2.23. The number of nitrogens with zero attached hydrogens (tertiary/aromatic N) is 2. The summed E-state index contributed by atoms with van der Waals surface area (Å²) in [6.45, 7) is 4.80. The Morgan fingerprint density at radius 2 is 0.950 bits per heavy atom. The molecule has 200 valence electrons. The van der Waals surface area contributed by atoms with Crippen molar-refractivity contribution < 1.29 is 10.2 Å². The van der Waals surface area contributed by atoms with Crippen molar-refractivity contribution in [3.8, 4) is 11.8 Å². The maximum absolute atomic E-state index is 13.6. The molecule has 0 saturated carbocycles. The lowest BCUT2D eigenvalue weighted by Gasteiger charge is -2.20. The molecular formula is C32H28N4O4. The van der Waals surface area contributed by atoms with Crippen LogP contribution in [0.5, 0.6) is 11.8 Å². The van der Waals surface area contributed by atoms with E-state index in [2.05, 4.69) is 0 Å². The lowest BCUT2D eigenvalue weighted by atomic mass is 9.85. The summed E-state index contributed by atoms with van der Waals surface area (Å²) >= 11 is 0. The van der Waals surface area contributed by atoms with Gasteiger partial charge in [-0.1, -0.05) is 38.8 Å². The van der Waals surface area contributed by atoms with E-state index in [4.69, 9.17) is 10.8 Å². The molecule has 0 fully saturated rings. The number of rotatable bonds is 6. The number of hydrogen-bond donors (Lipinski definition) is 4. The Morgan fingerprint density at radius 3 is 1.32 bits per heavy atom. The van der Waals surface area contributed by atoms with Crippen LogP contribution in [0.15, 0.2) is 46.0 Å². The maximum Gasteiger partial charge on any atom is 0.261 e. The first-order valence-corrected chi connectivity index (χ1v) is 13.8. The smallest absolute Gasteiger partial charge is 0.261 e. The molecule has 7 rings (SSSR count). The molecule has 0 radical (unpaired) electrons. The summed E-state index contributed by atoms with van der Waals surface area (Å²) in [4.78, 5) is 27.1. The number of aromatic hydroxyl groups is 2. The van der Waals surface area contributed by atoms with Crippen LogP contribution in [-0.4, -0.2) is 19.3 Å². The molecule has 0 bridgehead atoms. The summed E-state index contributed by atoms with van der Waals surface area (Å²) in [6, 6.07) is 10.4. The Bertz CT molecular complexity index is 2230. The first-order valence-electron chi connectivity index (χ1n) is 13.8. The number of unbranched alkanes of at least 4 members (excludes halogenated alkanes) is 2. The summed E-state index contributed by atoms with van der Waals surface area (Å²) in [5.41, 5.74) is -0.676. The molecule has 40 heavy (non-hydrogen) atoms. The van der Waals surface area contributed by atoms with E-state index in [-0.39, 0.29) is 33.6 Å². The molecule has 0 atom stereocenters. The van der Waals surface area contributed by atoms with Gasteiger partial charge in [-0.05, 0) is 47.9 Å². The zero-order chi connectivity index (χ0) is 28.0. The van der Waals surface area contributed by atoms with Crippen molar-refractivity contribution in [2.45, 2.75) is 52.6 Å². The van der Waals surface area contributed by atoms with Crippen molar-refractivity contribution >= 4 is 64.6 Å². The zero-order valence-electron chi connectivity index (χ0n) is 22.3. The molecule has 8 heteroatoms. The van der Waals surface area contributed by atoms with Gasteiger partial charge in [0.15, 0.2) is 0 Å². The second kappa shape index (κ2) is 8.39. The van der Waals surface area contributed by atoms with Crippen LogP contribution in [0.25, 0.3) is 64.6 Å². The molecule has 4 N–H and O–H groups in total. The number of benzene rings is 5. The number of hydrogen-bond acceptors (Lipinski definition) is 6. The van der Waals surface area contributed by atoms with Gasteiger partial charge in [0.1, 0.15) is 0 Å². The van der Waals surface area contributed by atoms with Crippen LogP contribution >= 0.6 is 0 Å². The third-order valence-corrected chi connectivity index (χ3v) is 8.52. The van der Waals surface area contributed by atoms with Crippen LogP contribution in [0.3, 0.4) is 0 Å². The molecule has 0 amide bonds. The van der Waals surface area contributed by atoms with E-state index in [9.17, 15) is 19.8 Å². The van der Waals surface area contributed by atoms with Gasteiger partial charge in [-0.2, -0.15) is 0 Å². The maximum atomic E-state index is 13.6. The first-order chi connectivity index (χ1) is 19.3. The Morgan fingerprint density at radius 1 is 0.575 bits per heavy atom. The summed E-state index contributed by atoms with van der Waals surface area (Å²) in [5.74, 6) is -0.193. The summed E-state index contributed by atoms with van der Waals surface area (Å²) in [7, 11) is 0. The van der Waals surface area contributed by atoms with Gasteiger partial charge in [0.05, 0.1) is 21.5 Å². The van der Waals surface area contributed by atoms with E-state index in [1.54, 1.807) is 24.3 Å². The Kier molecular flexibility index (Phi) is 5.10. The largest absolute Gasteiger partial charge is 0.494 e. The van der Waals surface area contributed by atoms with E-state index in [1.165, 1.54) is 9.13 Å². The molecule has 0 spiro atoms. The predicted octanol–water partition coefficient (Wildman–Crippen LogP) is 5.21. The fraction of sp³-hybridized carbons (Fsp3) is 0.250. The molecule has 2 heterocycles. The minimum Gasteiger partial charge on any atom is -0.494 e. The highest BCUT2D eigenvalue weighted by atomic mass is 16.3. The average molecular weight is 533 g/mol. The number of fused-ring (bicyclic) bond motifs is 2. The highest BCUT2D eigenvalue weighted by Crippen LogP contribution is 2.44. The van der Waals surface area contributed by atoms with Crippen molar-refractivity contribution in [2.24, 2.45) is 0 Å². The van der Waals surface area contributed by atoms with Crippen LogP contribution in [-0.2, 0) is 13.1 Å². The molecule has 2 aromatic heterocycles. The summed E-state index contributed by atoms with van der Waals surface area (Å²) in [6.07, 6.45) is 3.20. The third kappa shape index (κ3) is 2.90. The van der Waals surface area contributed by atoms with Crippen molar-refractivity contribution in [1.29, 1.82) is 10.8 Å². The van der Waals surface area contributed by atoms with E-state index >= 15 is 0 Å². The number of nitrogens with one attached hydrogen (secondary N) is 2. The SMILES string of the molecule is CCCCn1c(O)c2ccc3c4c(=N)cc5c(=O)n(CCCC)c(O)c6ccc(c7c(=N)cc(c1=O)c2c37)c4c65. The van der Waals surface area contributed by atoms with Gasteiger partial charge in [-0.25, -0.2) is 0 Å². The zero-order valence-corrected chi connectivity index (χ0v) is 22.3. The highest BCUT2D eigenvalue weighted by molar-refractivity contribution is 6.39. The van der Waals surface area contributed by atoms with Gasteiger partial charge in [0.25, 0.3) is 11.1 Å². The normalized spacial score (nSPS) is 12.4. The van der Waals surface area contributed by atoms with E-state index in [0.717, 1.165) is 25.7 Å². The Hall–Kier alpha value is -4.72. The van der Waals surface area contributed by atoms with Crippen molar-refractivity contribution in [1.82, 2.24) is 9.13 Å². The summed E-state index contributed by atoms with van der Waals surface area (Å²) < 4.78 is 2.77. The second-order valence-corrected chi connectivity index (χ2v) is 10.8. The molecular weight excluding hydrogens is 504 g/mol. The standard InChI is InChI=1S/C32H28N4O4/c1-3-5-11-35-29(37)17-9-7-15-26-22(34)14-20-24-18(30(38)36(32(20)40)12-6-4-2)10-8-16(28(24)26)25-21(33)13-19(31(35)39)23(17)27(15)25/h7-10,13-14,33-34,37-38H,3-6,11-12H2,1-2H3. The Labute approximate surface area is 227 Å². The van der Waals surface area contributed by atoms with Gasteiger partial charge in [0, 0.05) is 56.2 Å². The monoisotopic (exact) mass is 532 g/mol. The quantitative estimate of drug-likeness (QED) is 0.173. The molecule has 0 aliphatic heterocycles. The molecule has 0 saturated heterocycles. The molecule has 7 aromatic rings. The molecule has 8 nitrogen and oxygen atoms in total. The Balaban J connectivity index is 1.75. The molecule has 0 unspecified atom stereocenters. The van der Waals surface area contributed by atoms with E-state index in [1.807, 2.05) is 26.0 Å². The van der Waals surface area contributed by atoms with Gasteiger partial charge < -0.3 is 21.0 Å². The predicted molar refractivity (Wildman–Crippen MR) is 158 cm³/mol. The van der Waals surface area contributed by atoms with Crippen molar-refractivity contribution in [3.05, 3.63) is 67.8 Å². The number of pyridine rings is 2. The fourth-order valence-corrected chi connectivity index (χ4v) is 6.64. The third-order valence-electron chi connectivity index (χ3n) is 8.52. The van der Waals surface area contributed by atoms with Crippen molar-refractivity contribution in [3.63, 3.8) is 0 Å². The van der Waals surface area contributed by atoms with Gasteiger partial charge in [-0.3, -0.25) is 18.7 Å². The minimum absolute atomic E-state index is 0.0967. The van der Waals surface area contributed by atoms with Crippen LogP contribution in [0, 0.1) is 10.8 Å². The average Bonchev–Trinajstić information content (AvgIpc) is 2.94. The van der Waals surface area contributed by atoms with E-state index < -0.39 is 0 Å². The topological polar surface area (TPSA) is 132 Å².